The minimum absolute atomic E-state index is 0.0149. The number of carbonyl (C=O) groups is 10. The topological polar surface area (TPSA) is 544 Å². The third-order valence-corrected chi connectivity index (χ3v) is 11.8. The van der Waals surface area contributed by atoms with Crippen molar-refractivity contribution in [3.05, 3.63) is 18.2 Å². The molecule has 1 rings (SSSR count). The number of aromatic nitrogens is 2. The molecule has 24 N–H and O–H groups in total. The van der Waals surface area contributed by atoms with Crippen LogP contribution in [0.1, 0.15) is 117 Å². The van der Waals surface area contributed by atoms with Gasteiger partial charge in [0.1, 0.15) is 54.9 Å². The molecular formula is C48H86N20O12. The maximum absolute atomic E-state index is 14.5. The molecule has 32 heteroatoms. The van der Waals surface area contributed by atoms with E-state index in [2.05, 4.69) is 67.5 Å². The Morgan fingerprint density at radius 1 is 0.550 bits per heavy atom. The zero-order valence-corrected chi connectivity index (χ0v) is 46.3. The van der Waals surface area contributed by atoms with Crippen LogP contribution in [0.4, 0.5) is 0 Å². The summed E-state index contributed by atoms with van der Waals surface area (Å²) < 4.78 is 5.02. The zero-order chi connectivity index (χ0) is 60.3. The van der Waals surface area contributed by atoms with Gasteiger partial charge in [0.2, 0.25) is 47.3 Å². The maximum Gasteiger partial charge on any atom is 0.326 e. The van der Waals surface area contributed by atoms with E-state index in [1.807, 2.05) is 6.92 Å². The lowest BCUT2D eigenvalue weighted by Gasteiger charge is -2.29. The number of aliphatic imine (C=N–C) groups is 3. The van der Waals surface area contributed by atoms with Crippen LogP contribution in [0.25, 0.3) is 0 Å². The van der Waals surface area contributed by atoms with E-state index in [4.69, 9.17) is 44.9 Å². The van der Waals surface area contributed by atoms with Crippen molar-refractivity contribution in [1.82, 2.24) is 52.5 Å². The van der Waals surface area contributed by atoms with Crippen molar-refractivity contribution in [2.75, 3.05) is 32.8 Å². The number of aromatic amines is 1. The van der Waals surface area contributed by atoms with Crippen LogP contribution in [0.2, 0.25) is 0 Å². The number of nitrogens with zero attached hydrogens (tertiary/aromatic N) is 4. The Morgan fingerprint density at radius 2 is 0.950 bits per heavy atom. The molecule has 0 aliphatic heterocycles. The number of aliphatic carboxylic acids is 1. The number of hydrogen-bond donors (Lipinski definition) is 17. The Morgan fingerprint density at radius 3 is 1.36 bits per heavy atom. The van der Waals surface area contributed by atoms with E-state index < -0.39 is 120 Å². The third kappa shape index (κ3) is 29.4. The molecular weight excluding hydrogens is 1050 g/mol. The van der Waals surface area contributed by atoms with Crippen LogP contribution in [-0.4, -0.2) is 173 Å². The van der Waals surface area contributed by atoms with Crippen LogP contribution in [-0.2, 0) is 59.1 Å². The molecule has 8 amide bonds. The maximum atomic E-state index is 14.5. The van der Waals surface area contributed by atoms with Crippen LogP contribution in [0.5, 0.6) is 0 Å². The summed E-state index contributed by atoms with van der Waals surface area (Å²) >= 11 is 0. The van der Waals surface area contributed by atoms with Gasteiger partial charge in [-0.15, -0.1) is 0 Å². The van der Waals surface area contributed by atoms with Crippen molar-refractivity contribution in [3.8, 4) is 0 Å². The summed E-state index contributed by atoms with van der Waals surface area (Å²) in [5.74, 6) is -10.1. The largest absolute Gasteiger partial charge is 0.480 e. The minimum atomic E-state index is -1.63. The average Bonchev–Trinajstić information content (AvgIpc) is 3.90. The number of H-pyrrole nitrogens is 1. The van der Waals surface area contributed by atoms with Crippen LogP contribution < -0.4 is 82.7 Å². The van der Waals surface area contributed by atoms with E-state index in [1.54, 1.807) is 13.8 Å². The van der Waals surface area contributed by atoms with Gasteiger partial charge in [0.25, 0.3) is 0 Å². The quantitative estimate of drug-likeness (QED) is 0.0126. The summed E-state index contributed by atoms with van der Waals surface area (Å²) in [6.07, 6.45) is 4.99. The number of rotatable bonds is 40. The lowest BCUT2D eigenvalue weighted by atomic mass is 10.0. The molecule has 80 heavy (non-hydrogen) atoms. The van der Waals surface area contributed by atoms with Gasteiger partial charge < -0.3 is 97.5 Å². The van der Waals surface area contributed by atoms with Gasteiger partial charge in [0.15, 0.2) is 17.9 Å². The molecule has 1 aromatic rings. The summed E-state index contributed by atoms with van der Waals surface area (Å²) in [5.41, 5.74) is 38.8. The van der Waals surface area contributed by atoms with E-state index in [0.29, 0.717) is 37.9 Å². The lowest BCUT2D eigenvalue weighted by Crippen LogP contribution is -2.61. The van der Waals surface area contributed by atoms with Crippen molar-refractivity contribution in [1.29, 1.82) is 0 Å². The Balaban J connectivity index is 3.62. The molecule has 0 spiro atoms. The number of nitrogens with two attached hydrogens (primary N) is 7. The molecule has 0 radical (unpaired) electrons. The smallest absolute Gasteiger partial charge is 0.326 e. The number of amides is 8. The number of carboxylic acids is 1. The highest BCUT2D eigenvalue weighted by molar-refractivity contribution is 5.98. The molecule has 8 atom stereocenters. The molecule has 32 nitrogen and oxygen atoms in total. The first-order chi connectivity index (χ1) is 37.8. The number of guanidine groups is 3. The van der Waals surface area contributed by atoms with Crippen molar-refractivity contribution in [2.45, 2.75) is 166 Å². The molecule has 0 aliphatic carbocycles. The first-order valence-electron chi connectivity index (χ1n) is 26.4. The van der Waals surface area contributed by atoms with Gasteiger partial charge in [0.05, 0.1) is 6.33 Å². The highest BCUT2D eigenvalue weighted by atomic mass is 16.5. The molecule has 1 heterocycles. The second-order valence-electron chi connectivity index (χ2n) is 19.0. The fourth-order valence-electron chi connectivity index (χ4n) is 7.61. The third-order valence-electron chi connectivity index (χ3n) is 11.8. The standard InChI is InChI=1S/C48H86N20O12/c1-6-7-13-31(41(74)68-37(26(2)3)44(77)67-36(24-80-28(5)70)43(76)65-34(45(78)79)17-12-21-59-48(54)55)62-39(72)32(15-10-19-57-46(50)51)64-42(75)35(22-29-23-56-25-60-29)66-40(73)33(16-11-20-58-47(52)53)63-38(71)30(61-27(4)69)14-8-9-18-49/h23,25-26,30-37H,6-22,24,49H2,1-5H3,(H,56,60)(H,61,69)(H,62,72)(H,63,71)(H,64,75)(H,65,76)(H,66,73)(H,67,77)(H,68,74)(H,78,79)(H4,50,51,57)(H4,52,53,58)(H4,54,55,59)/t30-,31-,32-,33-,34-,35-,36?,37-/m0/s1. The van der Waals surface area contributed by atoms with Gasteiger partial charge in [-0.2, -0.15) is 0 Å². The number of nitrogens with one attached hydrogen (secondary N) is 9. The number of hydrogen-bond acceptors (Lipinski definition) is 16. The van der Waals surface area contributed by atoms with E-state index >= 15 is 0 Å². The predicted molar refractivity (Wildman–Crippen MR) is 295 cm³/mol. The summed E-state index contributed by atoms with van der Waals surface area (Å²) in [7, 11) is 0. The SMILES string of the molecule is CCCC[C@H](NC(=O)[C@H](CCCN=C(N)N)NC(=O)[C@H](Cc1cnc[nH]1)NC(=O)[C@H](CCCN=C(N)N)NC(=O)[C@H](CCCCN)NC(C)=O)C(=O)N[C@H](C(=O)NC(COC(C)=O)C(=O)N[C@@H](CCCN=C(N)N)C(=O)O)C(C)C. The fourth-order valence-corrected chi connectivity index (χ4v) is 7.61. The Labute approximate surface area is 464 Å². The van der Waals surface area contributed by atoms with Crippen molar-refractivity contribution in [2.24, 2.45) is 61.0 Å². The fraction of sp³-hybridized carbons (Fsp3) is 0.667. The Kier molecular flexibility index (Phi) is 33.4. The van der Waals surface area contributed by atoms with Gasteiger partial charge in [-0.1, -0.05) is 33.6 Å². The summed E-state index contributed by atoms with van der Waals surface area (Å²) in [5, 5.41) is 30.5. The van der Waals surface area contributed by atoms with Crippen LogP contribution >= 0.6 is 0 Å². The van der Waals surface area contributed by atoms with E-state index in [-0.39, 0.29) is 95.3 Å². The van der Waals surface area contributed by atoms with Gasteiger partial charge >= 0.3 is 11.9 Å². The highest BCUT2D eigenvalue weighted by Crippen LogP contribution is 2.11. The number of carbonyl (C=O) groups excluding carboxylic acids is 9. The minimum Gasteiger partial charge on any atom is -0.480 e. The predicted octanol–water partition coefficient (Wildman–Crippen LogP) is -5.37. The Hall–Kier alpha value is -8.32. The molecule has 0 aliphatic rings. The first-order valence-corrected chi connectivity index (χ1v) is 26.4. The molecule has 450 valence electrons. The number of esters is 1. The summed E-state index contributed by atoms with van der Waals surface area (Å²) in [4.78, 5) is 153. The monoisotopic (exact) mass is 1130 g/mol. The van der Waals surface area contributed by atoms with Crippen molar-refractivity contribution >= 4 is 77.1 Å². The summed E-state index contributed by atoms with van der Waals surface area (Å²) in [6.45, 7) is 7.07. The highest BCUT2D eigenvalue weighted by Gasteiger charge is 2.36. The second kappa shape index (κ2) is 38.3. The van der Waals surface area contributed by atoms with Crippen molar-refractivity contribution in [3.63, 3.8) is 0 Å². The lowest BCUT2D eigenvalue weighted by molar-refractivity contribution is -0.146. The first kappa shape index (κ1) is 69.7. The van der Waals surface area contributed by atoms with Crippen molar-refractivity contribution < 1.29 is 57.8 Å². The molecule has 1 unspecified atom stereocenters. The van der Waals surface area contributed by atoms with Crippen LogP contribution in [0, 0.1) is 5.92 Å². The van der Waals surface area contributed by atoms with Gasteiger partial charge in [-0.05, 0) is 76.7 Å². The number of imidazole rings is 1. The normalized spacial score (nSPS) is 13.8. The molecule has 0 saturated carbocycles. The summed E-state index contributed by atoms with van der Waals surface area (Å²) in [6, 6.07) is -11.0. The molecule has 0 saturated heterocycles. The van der Waals surface area contributed by atoms with Gasteiger partial charge in [-0.25, -0.2) is 9.78 Å². The van der Waals surface area contributed by atoms with E-state index in [9.17, 15) is 53.1 Å². The number of carboxylic acid groups (broad SMARTS) is 1. The average molecular weight is 1140 g/mol. The second-order valence-corrected chi connectivity index (χ2v) is 19.0. The van der Waals surface area contributed by atoms with Crippen LogP contribution in [0.15, 0.2) is 27.5 Å². The molecule has 0 bridgehead atoms. The Bertz CT molecular complexity index is 2250. The van der Waals surface area contributed by atoms with Gasteiger partial charge in [0, 0.05) is 51.8 Å². The molecule has 0 fully saturated rings. The van der Waals surface area contributed by atoms with Crippen LogP contribution in [0.3, 0.4) is 0 Å². The zero-order valence-electron chi connectivity index (χ0n) is 46.3. The molecule has 0 aromatic carbocycles. The van der Waals surface area contributed by atoms with E-state index in [0.717, 1.165) is 6.92 Å². The van der Waals surface area contributed by atoms with Gasteiger partial charge in [-0.3, -0.25) is 58.1 Å². The van der Waals surface area contributed by atoms with E-state index in [1.165, 1.54) is 19.4 Å². The molecule has 1 aromatic heterocycles. The number of ether oxygens (including phenoxy) is 1. The number of unbranched alkanes of at least 4 members (excludes halogenated alkanes) is 2.